The maximum Gasteiger partial charge on any atom is 0.410 e. The molecule has 6 nitrogen and oxygen atoms in total. The van der Waals surface area contributed by atoms with Crippen molar-refractivity contribution in [3.63, 3.8) is 0 Å². The van der Waals surface area contributed by atoms with Crippen molar-refractivity contribution in [2.24, 2.45) is 0 Å². The van der Waals surface area contributed by atoms with E-state index in [1.807, 2.05) is 37.8 Å². The molecule has 0 bridgehead atoms. The van der Waals surface area contributed by atoms with E-state index in [2.05, 4.69) is 16.3 Å². The molecular weight excluding hydrogens is 318 g/mol. The highest BCUT2D eigenvalue weighted by Gasteiger charge is 2.45. The Balaban J connectivity index is 1.64. The van der Waals surface area contributed by atoms with Crippen LogP contribution in [0.3, 0.4) is 0 Å². The number of nitrogens with one attached hydrogen (secondary N) is 1. The number of nitrogens with zero attached hydrogens (tertiary/aromatic N) is 2. The summed E-state index contributed by atoms with van der Waals surface area (Å²) in [5.74, 6) is 0.240. The maximum atomic E-state index is 12.5. The molecule has 1 saturated heterocycles. The van der Waals surface area contributed by atoms with Gasteiger partial charge in [0.1, 0.15) is 5.60 Å². The number of hydrogen-bond donors (Lipinski definition) is 1. The van der Waals surface area contributed by atoms with E-state index in [1.165, 1.54) is 5.56 Å². The first-order chi connectivity index (χ1) is 11.8. The molecule has 2 amide bonds. The maximum absolute atomic E-state index is 12.5. The summed E-state index contributed by atoms with van der Waals surface area (Å²) in [6.07, 6.45) is 0.651. The molecule has 0 radical (unpaired) electrons. The zero-order valence-corrected chi connectivity index (χ0v) is 15.0. The van der Waals surface area contributed by atoms with E-state index in [0.29, 0.717) is 25.7 Å². The SMILES string of the molecule is CC(C)(C)OC(=O)N1CC[C@@H]2[C@H](C1)c1cccc3c1N2CCNC3=O. The standard InChI is InChI=1S/C19H25N3O3/c1-19(2,3)25-18(24)21-9-7-15-14(11-21)12-5-4-6-13-16(12)22(15)10-8-20-17(13)23/h4-6,14-15H,7-11H2,1-3H3,(H,20,23)/t14-,15-/m1/s1. The third-order valence-corrected chi connectivity index (χ3v) is 5.27. The Hall–Kier alpha value is -2.24. The van der Waals surface area contributed by atoms with E-state index in [9.17, 15) is 9.59 Å². The molecule has 6 heteroatoms. The predicted molar refractivity (Wildman–Crippen MR) is 95.1 cm³/mol. The number of rotatable bonds is 0. The summed E-state index contributed by atoms with van der Waals surface area (Å²) in [5, 5.41) is 2.98. The van der Waals surface area contributed by atoms with Crippen molar-refractivity contribution in [1.82, 2.24) is 10.2 Å². The van der Waals surface area contributed by atoms with E-state index >= 15 is 0 Å². The van der Waals surface area contributed by atoms with Gasteiger partial charge in [0.2, 0.25) is 0 Å². The van der Waals surface area contributed by atoms with Gasteiger partial charge in [-0.1, -0.05) is 12.1 Å². The Labute approximate surface area is 148 Å². The van der Waals surface area contributed by atoms with Crippen molar-refractivity contribution < 1.29 is 14.3 Å². The fourth-order valence-corrected chi connectivity index (χ4v) is 4.30. The van der Waals surface area contributed by atoms with Crippen LogP contribution in [0, 0.1) is 0 Å². The number of carbonyl (C=O) groups is 2. The highest BCUT2D eigenvalue weighted by molar-refractivity contribution is 6.02. The number of benzene rings is 1. The van der Waals surface area contributed by atoms with Gasteiger partial charge in [-0.05, 0) is 38.8 Å². The van der Waals surface area contributed by atoms with E-state index in [1.54, 1.807) is 0 Å². The average Bonchev–Trinajstić information content (AvgIpc) is 2.76. The van der Waals surface area contributed by atoms with Gasteiger partial charge in [-0.2, -0.15) is 0 Å². The van der Waals surface area contributed by atoms with Crippen LogP contribution in [0.25, 0.3) is 0 Å². The number of para-hydroxylation sites is 1. The van der Waals surface area contributed by atoms with Gasteiger partial charge < -0.3 is 19.9 Å². The van der Waals surface area contributed by atoms with E-state index < -0.39 is 5.60 Å². The van der Waals surface area contributed by atoms with Crippen LogP contribution in [0.5, 0.6) is 0 Å². The van der Waals surface area contributed by atoms with Crippen molar-refractivity contribution in [1.29, 1.82) is 0 Å². The molecule has 1 fully saturated rings. The fraction of sp³-hybridized carbons (Fsp3) is 0.579. The fourth-order valence-electron chi connectivity index (χ4n) is 4.30. The second-order valence-corrected chi connectivity index (χ2v) is 8.08. The first-order valence-electron chi connectivity index (χ1n) is 9.01. The molecule has 4 rings (SSSR count). The average molecular weight is 343 g/mol. The molecule has 3 aliphatic rings. The largest absolute Gasteiger partial charge is 0.444 e. The van der Waals surface area contributed by atoms with Crippen LogP contribution in [0.4, 0.5) is 10.5 Å². The predicted octanol–water partition coefficient (Wildman–Crippen LogP) is 2.34. The lowest BCUT2D eigenvalue weighted by molar-refractivity contribution is 0.0189. The van der Waals surface area contributed by atoms with E-state index in [-0.39, 0.29) is 17.9 Å². The second kappa shape index (κ2) is 5.64. The number of likely N-dealkylation sites (tertiary alicyclic amines) is 1. The molecule has 0 spiro atoms. The number of hydrogen-bond acceptors (Lipinski definition) is 4. The summed E-state index contributed by atoms with van der Waals surface area (Å²) in [4.78, 5) is 29.0. The Morgan fingerprint density at radius 3 is 2.84 bits per heavy atom. The van der Waals surface area contributed by atoms with Crippen LogP contribution < -0.4 is 10.2 Å². The van der Waals surface area contributed by atoms with Crippen LogP contribution in [0.2, 0.25) is 0 Å². The molecule has 0 aliphatic carbocycles. The van der Waals surface area contributed by atoms with Crippen LogP contribution >= 0.6 is 0 Å². The molecule has 0 unspecified atom stereocenters. The number of fused-ring (bicyclic) bond motifs is 3. The van der Waals surface area contributed by atoms with Crippen molar-refractivity contribution in [2.45, 2.75) is 44.8 Å². The minimum Gasteiger partial charge on any atom is -0.444 e. The molecule has 1 N–H and O–H groups in total. The zero-order chi connectivity index (χ0) is 17.8. The van der Waals surface area contributed by atoms with Gasteiger partial charge in [0.05, 0.1) is 11.3 Å². The minimum atomic E-state index is -0.486. The minimum absolute atomic E-state index is 0.00185. The lowest BCUT2D eigenvalue weighted by Gasteiger charge is -2.39. The van der Waals surface area contributed by atoms with Gasteiger partial charge in [0.15, 0.2) is 0 Å². The van der Waals surface area contributed by atoms with Gasteiger partial charge in [0.25, 0.3) is 5.91 Å². The number of carbonyl (C=O) groups excluding carboxylic acids is 2. The zero-order valence-electron chi connectivity index (χ0n) is 15.0. The second-order valence-electron chi connectivity index (χ2n) is 8.08. The number of anilines is 1. The van der Waals surface area contributed by atoms with Gasteiger partial charge in [0, 0.05) is 38.1 Å². The Morgan fingerprint density at radius 2 is 2.08 bits per heavy atom. The van der Waals surface area contributed by atoms with Crippen molar-refractivity contribution in [2.75, 3.05) is 31.1 Å². The molecular formula is C19H25N3O3. The number of ether oxygens (including phenoxy) is 1. The number of piperidine rings is 1. The van der Waals surface area contributed by atoms with Crippen molar-refractivity contribution >= 4 is 17.7 Å². The summed E-state index contributed by atoms with van der Waals surface area (Å²) in [7, 11) is 0. The van der Waals surface area contributed by atoms with Crippen molar-refractivity contribution in [3.05, 3.63) is 29.3 Å². The topological polar surface area (TPSA) is 61.9 Å². The monoisotopic (exact) mass is 343 g/mol. The van der Waals surface area contributed by atoms with Gasteiger partial charge in [-0.25, -0.2) is 4.79 Å². The van der Waals surface area contributed by atoms with Gasteiger partial charge in [-0.15, -0.1) is 0 Å². The highest BCUT2D eigenvalue weighted by atomic mass is 16.6. The number of amides is 2. The van der Waals surface area contributed by atoms with Crippen LogP contribution in [-0.4, -0.2) is 54.7 Å². The third-order valence-electron chi connectivity index (χ3n) is 5.27. The summed E-state index contributed by atoms with van der Waals surface area (Å²) >= 11 is 0. The van der Waals surface area contributed by atoms with E-state index in [0.717, 1.165) is 24.2 Å². The van der Waals surface area contributed by atoms with Gasteiger partial charge in [-0.3, -0.25) is 4.79 Å². The van der Waals surface area contributed by atoms with E-state index in [4.69, 9.17) is 4.74 Å². The summed E-state index contributed by atoms with van der Waals surface area (Å²) in [6.45, 7) is 8.49. The molecule has 2 atom stereocenters. The van der Waals surface area contributed by atoms with Crippen LogP contribution in [0.1, 0.15) is 49.0 Å². The Morgan fingerprint density at radius 1 is 1.28 bits per heavy atom. The molecule has 0 saturated carbocycles. The Bertz CT molecular complexity index is 725. The normalized spacial score (nSPS) is 25.0. The first-order valence-corrected chi connectivity index (χ1v) is 9.01. The molecule has 1 aromatic carbocycles. The smallest absolute Gasteiger partial charge is 0.410 e. The lowest BCUT2D eigenvalue weighted by Crippen LogP contribution is -2.50. The Kier molecular flexibility index (Phi) is 3.67. The summed E-state index contributed by atoms with van der Waals surface area (Å²) in [5.41, 5.74) is 2.53. The van der Waals surface area contributed by atoms with Crippen LogP contribution in [0.15, 0.2) is 18.2 Å². The molecule has 3 heterocycles. The summed E-state index contributed by atoms with van der Waals surface area (Å²) < 4.78 is 5.55. The van der Waals surface area contributed by atoms with Crippen LogP contribution in [-0.2, 0) is 4.74 Å². The van der Waals surface area contributed by atoms with Crippen molar-refractivity contribution in [3.8, 4) is 0 Å². The lowest BCUT2D eigenvalue weighted by atomic mass is 9.88. The summed E-state index contributed by atoms with van der Waals surface area (Å²) in [6, 6.07) is 6.30. The highest BCUT2D eigenvalue weighted by Crippen LogP contribution is 2.46. The molecule has 0 aromatic heterocycles. The quantitative estimate of drug-likeness (QED) is 0.785. The molecule has 3 aliphatic heterocycles. The molecule has 25 heavy (non-hydrogen) atoms. The molecule has 134 valence electrons. The third kappa shape index (κ3) is 2.73. The molecule has 1 aromatic rings. The first kappa shape index (κ1) is 16.2. The van der Waals surface area contributed by atoms with Gasteiger partial charge >= 0.3 is 6.09 Å².